The summed E-state index contributed by atoms with van der Waals surface area (Å²) in [5, 5.41) is 2.10. The van der Waals surface area contributed by atoms with Gasteiger partial charge in [0.1, 0.15) is 5.75 Å². The van der Waals surface area contributed by atoms with Gasteiger partial charge in [-0.2, -0.15) is 0 Å². The molecule has 0 unspecified atom stereocenters. The largest absolute Gasteiger partial charge is 0.496 e. The van der Waals surface area contributed by atoms with Gasteiger partial charge in [-0.1, -0.05) is 12.1 Å². The van der Waals surface area contributed by atoms with Crippen LogP contribution in [0.1, 0.15) is 9.80 Å². The Balaban J connectivity index is 2.46. The molecule has 0 spiro atoms. The van der Waals surface area contributed by atoms with Gasteiger partial charge in [0.05, 0.1) is 12.8 Å². The van der Waals surface area contributed by atoms with Gasteiger partial charge in [-0.15, -0.1) is 11.3 Å². The van der Waals surface area contributed by atoms with E-state index in [4.69, 9.17) is 10.5 Å². The van der Waals surface area contributed by atoms with Gasteiger partial charge < -0.3 is 10.5 Å². The predicted molar refractivity (Wildman–Crippen MR) is 62.6 cm³/mol. The number of primary amides is 1. The average Bonchev–Trinajstić information content (AvgIpc) is 2.78. The zero-order chi connectivity index (χ0) is 11.5. The molecule has 2 aromatic rings. The van der Waals surface area contributed by atoms with Crippen LogP contribution in [0.2, 0.25) is 0 Å². The van der Waals surface area contributed by atoms with E-state index in [0.717, 1.165) is 11.3 Å². The zero-order valence-electron chi connectivity index (χ0n) is 8.64. The minimum absolute atomic E-state index is 0.306. The third-order valence-electron chi connectivity index (χ3n) is 2.10. The number of amides is 1. The molecule has 0 bridgehead atoms. The van der Waals surface area contributed by atoms with Crippen LogP contribution in [0, 0.1) is 0 Å². The highest BCUT2D eigenvalue weighted by molar-refractivity contribution is 7.12. The van der Waals surface area contributed by atoms with Crippen LogP contribution in [0.3, 0.4) is 0 Å². The van der Waals surface area contributed by atoms with Gasteiger partial charge in [0.2, 0.25) is 0 Å². The molecular formula is C11H10N2O2S. The van der Waals surface area contributed by atoms with Crippen LogP contribution in [-0.4, -0.2) is 18.0 Å². The van der Waals surface area contributed by atoms with E-state index in [1.165, 1.54) is 11.3 Å². The summed E-state index contributed by atoms with van der Waals surface area (Å²) >= 11 is 1.23. The average molecular weight is 234 g/mol. The maximum atomic E-state index is 10.9. The molecule has 1 aromatic carbocycles. The first kappa shape index (κ1) is 10.6. The summed E-state index contributed by atoms with van der Waals surface area (Å²) in [6.45, 7) is 0. The summed E-state index contributed by atoms with van der Waals surface area (Å²) in [5.74, 6) is 0.218. The monoisotopic (exact) mass is 234 g/mol. The number of rotatable bonds is 3. The molecule has 0 saturated heterocycles. The smallest absolute Gasteiger partial charge is 0.277 e. The van der Waals surface area contributed by atoms with Gasteiger partial charge >= 0.3 is 0 Å². The van der Waals surface area contributed by atoms with Gasteiger partial charge in [-0.05, 0) is 12.1 Å². The molecule has 0 atom stereocenters. The lowest BCUT2D eigenvalue weighted by Crippen LogP contribution is -2.10. The van der Waals surface area contributed by atoms with Gasteiger partial charge in [0.25, 0.3) is 5.91 Å². The van der Waals surface area contributed by atoms with Crippen molar-refractivity contribution in [3.8, 4) is 17.0 Å². The van der Waals surface area contributed by atoms with E-state index in [-0.39, 0.29) is 0 Å². The highest BCUT2D eigenvalue weighted by Crippen LogP contribution is 2.30. The molecule has 1 aromatic heterocycles. The second-order valence-corrected chi connectivity index (χ2v) is 3.96. The summed E-state index contributed by atoms with van der Waals surface area (Å²) in [7, 11) is 1.60. The highest BCUT2D eigenvalue weighted by Gasteiger charge is 2.11. The molecule has 0 saturated carbocycles. The fourth-order valence-electron chi connectivity index (χ4n) is 1.37. The predicted octanol–water partition coefficient (Wildman–Crippen LogP) is 1.92. The maximum Gasteiger partial charge on any atom is 0.277 e. The molecule has 82 valence electrons. The minimum Gasteiger partial charge on any atom is -0.496 e. The van der Waals surface area contributed by atoms with Crippen LogP contribution in [0.25, 0.3) is 11.3 Å². The Kier molecular flexibility index (Phi) is 2.87. The van der Waals surface area contributed by atoms with Crippen molar-refractivity contribution in [2.45, 2.75) is 0 Å². The van der Waals surface area contributed by atoms with Gasteiger partial charge in [-0.25, -0.2) is 4.98 Å². The van der Waals surface area contributed by atoms with Crippen molar-refractivity contribution in [3.63, 3.8) is 0 Å². The number of nitrogens with two attached hydrogens (primary N) is 1. The molecule has 0 aliphatic rings. The van der Waals surface area contributed by atoms with Crippen molar-refractivity contribution in [2.75, 3.05) is 7.11 Å². The number of benzene rings is 1. The summed E-state index contributed by atoms with van der Waals surface area (Å²) in [6, 6.07) is 7.50. The van der Waals surface area contributed by atoms with Crippen LogP contribution in [-0.2, 0) is 0 Å². The van der Waals surface area contributed by atoms with Crippen molar-refractivity contribution in [2.24, 2.45) is 5.73 Å². The van der Waals surface area contributed by atoms with E-state index in [1.54, 1.807) is 12.5 Å². The molecule has 0 radical (unpaired) electrons. The van der Waals surface area contributed by atoms with Crippen LogP contribution >= 0.6 is 11.3 Å². The number of carbonyl (C=O) groups is 1. The number of para-hydroxylation sites is 1. The number of hydrogen-bond donors (Lipinski definition) is 1. The van der Waals surface area contributed by atoms with E-state index in [2.05, 4.69) is 4.98 Å². The molecule has 4 nitrogen and oxygen atoms in total. The minimum atomic E-state index is -0.508. The van der Waals surface area contributed by atoms with Crippen LogP contribution in [0.4, 0.5) is 0 Å². The van der Waals surface area contributed by atoms with Gasteiger partial charge in [0.15, 0.2) is 5.01 Å². The lowest BCUT2D eigenvalue weighted by molar-refractivity contribution is 0.1000. The lowest BCUT2D eigenvalue weighted by atomic mass is 10.1. The Hall–Kier alpha value is -1.88. The summed E-state index contributed by atoms with van der Waals surface area (Å²) in [5.41, 5.74) is 6.71. The van der Waals surface area contributed by atoms with Gasteiger partial charge in [0, 0.05) is 10.9 Å². The van der Waals surface area contributed by atoms with Crippen molar-refractivity contribution >= 4 is 17.2 Å². The van der Waals surface area contributed by atoms with Crippen molar-refractivity contribution in [1.82, 2.24) is 4.98 Å². The van der Waals surface area contributed by atoms with Crippen molar-refractivity contribution in [1.29, 1.82) is 0 Å². The molecule has 0 aliphatic heterocycles. The second-order valence-electron chi connectivity index (χ2n) is 3.10. The van der Waals surface area contributed by atoms with E-state index < -0.39 is 5.91 Å². The normalized spacial score (nSPS) is 10.1. The molecule has 1 heterocycles. The number of methoxy groups -OCH3 is 1. The molecule has 2 rings (SSSR count). The lowest BCUT2D eigenvalue weighted by Gasteiger charge is -2.04. The summed E-state index contributed by atoms with van der Waals surface area (Å²) in [6.07, 6.45) is 0. The van der Waals surface area contributed by atoms with E-state index >= 15 is 0 Å². The molecule has 0 fully saturated rings. The molecule has 16 heavy (non-hydrogen) atoms. The number of thiazole rings is 1. The Bertz CT molecular complexity index is 522. The Morgan fingerprint density at radius 3 is 2.81 bits per heavy atom. The molecule has 2 N–H and O–H groups in total. The molecule has 1 amide bonds. The highest BCUT2D eigenvalue weighted by atomic mass is 32.1. The Morgan fingerprint density at radius 2 is 2.19 bits per heavy atom. The fourth-order valence-corrected chi connectivity index (χ4v) is 2.04. The zero-order valence-corrected chi connectivity index (χ0v) is 9.45. The first-order valence-electron chi connectivity index (χ1n) is 4.61. The SMILES string of the molecule is COc1ccccc1-c1csc(C(N)=O)n1. The Morgan fingerprint density at radius 1 is 1.44 bits per heavy atom. The van der Waals surface area contributed by atoms with Crippen LogP contribution in [0.5, 0.6) is 5.75 Å². The van der Waals surface area contributed by atoms with E-state index in [9.17, 15) is 4.79 Å². The van der Waals surface area contributed by atoms with E-state index in [0.29, 0.717) is 10.7 Å². The molecule has 0 aliphatic carbocycles. The number of hydrogen-bond acceptors (Lipinski definition) is 4. The van der Waals surface area contributed by atoms with Gasteiger partial charge in [-0.3, -0.25) is 4.79 Å². The third-order valence-corrected chi connectivity index (χ3v) is 2.95. The third kappa shape index (κ3) is 1.90. The number of ether oxygens (including phenoxy) is 1. The van der Waals surface area contributed by atoms with Crippen molar-refractivity contribution < 1.29 is 9.53 Å². The first-order chi connectivity index (χ1) is 7.72. The number of carbonyl (C=O) groups excluding carboxylic acids is 1. The van der Waals surface area contributed by atoms with Crippen LogP contribution in [0.15, 0.2) is 29.6 Å². The van der Waals surface area contributed by atoms with Crippen molar-refractivity contribution in [3.05, 3.63) is 34.7 Å². The second kappa shape index (κ2) is 4.32. The van der Waals surface area contributed by atoms with E-state index in [1.807, 2.05) is 24.3 Å². The maximum absolute atomic E-state index is 10.9. The standard InChI is InChI=1S/C11H10N2O2S/c1-15-9-5-3-2-4-7(9)8-6-16-11(13-8)10(12)14/h2-6H,1H3,(H2,12,14). The van der Waals surface area contributed by atoms with Crippen LogP contribution < -0.4 is 10.5 Å². The quantitative estimate of drug-likeness (QED) is 0.882. The fraction of sp³-hybridized carbons (Fsp3) is 0.0909. The molecule has 5 heteroatoms. The topological polar surface area (TPSA) is 65.2 Å². The Labute approximate surface area is 96.7 Å². The molecular weight excluding hydrogens is 224 g/mol. The number of nitrogens with zero attached hydrogens (tertiary/aromatic N) is 1. The summed E-state index contributed by atoms with van der Waals surface area (Å²) < 4.78 is 5.22. The summed E-state index contributed by atoms with van der Waals surface area (Å²) in [4.78, 5) is 15.1. The first-order valence-corrected chi connectivity index (χ1v) is 5.49. The number of aromatic nitrogens is 1.